The van der Waals surface area contributed by atoms with Crippen LogP contribution < -0.4 is 5.32 Å². The van der Waals surface area contributed by atoms with Crippen LogP contribution in [0.25, 0.3) is 0 Å². The summed E-state index contributed by atoms with van der Waals surface area (Å²) >= 11 is 3.54. The normalized spacial score (nSPS) is 13.1. The smallest absolute Gasteiger partial charge is 0.0738 e. The highest BCUT2D eigenvalue weighted by Crippen LogP contribution is 2.22. The highest BCUT2D eigenvalue weighted by Gasteiger charge is 2.13. The van der Waals surface area contributed by atoms with E-state index < -0.39 is 0 Å². The monoisotopic (exact) mass is 289 g/mol. The lowest BCUT2D eigenvalue weighted by Crippen LogP contribution is -2.27. The zero-order chi connectivity index (χ0) is 12.1. The van der Waals surface area contributed by atoms with E-state index in [9.17, 15) is 0 Å². The third kappa shape index (κ3) is 3.30. The molecule has 1 rings (SSSR count). The summed E-state index contributed by atoms with van der Waals surface area (Å²) in [5, 5.41) is 7.85. The molecular weight excluding hydrogens is 270 g/mol. The van der Waals surface area contributed by atoms with E-state index >= 15 is 0 Å². The molecule has 0 bridgehead atoms. The highest BCUT2D eigenvalue weighted by atomic mass is 79.9. The van der Waals surface area contributed by atoms with Crippen LogP contribution in [-0.2, 0) is 4.74 Å². The largest absolute Gasteiger partial charge is 0.383 e. The molecule has 0 radical (unpaired) electrons. The second-order valence-electron chi connectivity index (χ2n) is 3.98. The first kappa shape index (κ1) is 13.7. The molecule has 0 saturated heterocycles. The van der Waals surface area contributed by atoms with Crippen LogP contribution in [0.2, 0.25) is 0 Å². The van der Waals surface area contributed by atoms with Crippen molar-refractivity contribution in [1.82, 2.24) is 15.1 Å². The first-order valence-electron chi connectivity index (χ1n) is 5.48. The molecule has 1 atom stereocenters. The lowest BCUT2D eigenvalue weighted by Gasteiger charge is -2.15. The molecule has 1 heterocycles. The maximum atomic E-state index is 4.98. The summed E-state index contributed by atoms with van der Waals surface area (Å²) in [6.45, 7) is 8.77. The summed E-state index contributed by atoms with van der Waals surface area (Å²) in [5.74, 6) is 0. The number of nitrogens with zero attached hydrogens (tertiary/aromatic N) is 2. The predicted molar refractivity (Wildman–Crippen MR) is 68.9 cm³/mol. The van der Waals surface area contributed by atoms with Gasteiger partial charge >= 0.3 is 0 Å². The number of hydrogen-bond acceptors (Lipinski definition) is 3. The molecular formula is C11H20BrN3O. The minimum atomic E-state index is 0.349. The van der Waals surface area contributed by atoms with Crippen molar-refractivity contribution in [3.63, 3.8) is 0 Å². The van der Waals surface area contributed by atoms with Crippen LogP contribution in [0, 0.1) is 13.8 Å². The van der Waals surface area contributed by atoms with E-state index in [2.05, 4.69) is 44.9 Å². The number of methoxy groups -OCH3 is 1. The summed E-state index contributed by atoms with van der Waals surface area (Å²) in [6, 6.07) is 0.349. The Morgan fingerprint density at radius 3 is 2.69 bits per heavy atom. The number of aryl methyl sites for hydroxylation is 1. The van der Waals surface area contributed by atoms with Crippen molar-refractivity contribution in [2.75, 3.05) is 26.8 Å². The van der Waals surface area contributed by atoms with Crippen molar-refractivity contribution in [2.45, 2.75) is 26.8 Å². The summed E-state index contributed by atoms with van der Waals surface area (Å²) in [6.07, 6.45) is 0. The van der Waals surface area contributed by atoms with Gasteiger partial charge in [-0.05, 0) is 36.7 Å². The van der Waals surface area contributed by atoms with Crippen molar-refractivity contribution in [2.24, 2.45) is 0 Å². The summed E-state index contributed by atoms with van der Waals surface area (Å²) in [5.41, 5.74) is 2.22. The fourth-order valence-corrected chi connectivity index (χ4v) is 1.90. The van der Waals surface area contributed by atoms with Crippen molar-refractivity contribution < 1.29 is 4.74 Å². The molecule has 0 fully saturated rings. The minimum absolute atomic E-state index is 0.349. The third-order valence-corrected chi connectivity index (χ3v) is 3.72. The fourth-order valence-electron chi connectivity index (χ4n) is 1.64. The van der Waals surface area contributed by atoms with Gasteiger partial charge in [-0.25, -0.2) is 0 Å². The molecule has 0 saturated carbocycles. The summed E-state index contributed by atoms with van der Waals surface area (Å²) in [4.78, 5) is 0. The lowest BCUT2D eigenvalue weighted by atomic mass is 10.3. The molecule has 1 N–H and O–H groups in total. The van der Waals surface area contributed by atoms with Crippen LogP contribution in [0.15, 0.2) is 4.47 Å². The Kier molecular flexibility index (Phi) is 5.44. The molecule has 0 aliphatic heterocycles. The molecule has 0 amide bonds. The predicted octanol–water partition coefficient (Wildman–Crippen LogP) is 2.06. The number of halogens is 1. The van der Waals surface area contributed by atoms with Crippen LogP contribution >= 0.6 is 15.9 Å². The first-order chi connectivity index (χ1) is 7.57. The highest BCUT2D eigenvalue weighted by molar-refractivity contribution is 9.10. The fraction of sp³-hybridized carbons (Fsp3) is 0.727. The Bertz CT molecular complexity index is 338. The van der Waals surface area contributed by atoms with E-state index in [1.54, 1.807) is 7.11 Å². The summed E-state index contributed by atoms with van der Waals surface area (Å²) < 4.78 is 8.15. The molecule has 1 unspecified atom stereocenters. The Hall–Kier alpha value is -0.390. The van der Waals surface area contributed by atoms with Crippen molar-refractivity contribution in [3.05, 3.63) is 15.9 Å². The van der Waals surface area contributed by atoms with Gasteiger partial charge in [0.1, 0.15) is 0 Å². The van der Waals surface area contributed by atoms with Gasteiger partial charge in [0, 0.05) is 20.2 Å². The molecule has 0 aliphatic carbocycles. The van der Waals surface area contributed by atoms with Crippen molar-refractivity contribution in [3.8, 4) is 0 Å². The maximum Gasteiger partial charge on any atom is 0.0738 e. The SMILES string of the molecule is COCCNCC(C)n1nc(C)c(Br)c1C. The molecule has 1 aromatic rings. The Morgan fingerprint density at radius 1 is 1.50 bits per heavy atom. The Labute approximate surface area is 105 Å². The Morgan fingerprint density at radius 2 is 2.19 bits per heavy atom. The van der Waals surface area contributed by atoms with Crippen molar-refractivity contribution >= 4 is 15.9 Å². The van der Waals surface area contributed by atoms with Crippen LogP contribution in [0.1, 0.15) is 24.4 Å². The van der Waals surface area contributed by atoms with Crippen LogP contribution in [0.4, 0.5) is 0 Å². The molecule has 16 heavy (non-hydrogen) atoms. The number of hydrogen-bond donors (Lipinski definition) is 1. The Balaban J connectivity index is 2.52. The second kappa shape index (κ2) is 6.37. The quantitative estimate of drug-likeness (QED) is 0.815. The van der Waals surface area contributed by atoms with Crippen LogP contribution in [0.5, 0.6) is 0 Å². The molecule has 5 heteroatoms. The summed E-state index contributed by atoms with van der Waals surface area (Å²) in [7, 11) is 1.71. The first-order valence-corrected chi connectivity index (χ1v) is 6.28. The molecule has 0 aromatic carbocycles. The van der Waals surface area contributed by atoms with Gasteiger partial charge in [-0.15, -0.1) is 0 Å². The number of nitrogens with one attached hydrogen (secondary N) is 1. The van der Waals surface area contributed by atoms with E-state index in [-0.39, 0.29) is 0 Å². The van der Waals surface area contributed by atoms with Crippen LogP contribution in [0.3, 0.4) is 0 Å². The van der Waals surface area contributed by atoms with E-state index in [0.29, 0.717) is 6.04 Å². The second-order valence-corrected chi connectivity index (χ2v) is 4.77. The molecule has 0 spiro atoms. The van der Waals surface area contributed by atoms with E-state index in [1.807, 2.05) is 6.92 Å². The van der Waals surface area contributed by atoms with Gasteiger partial charge in [0.05, 0.1) is 28.5 Å². The van der Waals surface area contributed by atoms with Gasteiger partial charge in [-0.3, -0.25) is 4.68 Å². The average Bonchev–Trinajstić information content (AvgIpc) is 2.52. The van der Waals surface area contributed by atoms with Crippen molar-refractivity contribution in [1.29, 1.82) is 0 Å². The van der Waals surface area contributed by atoms with Gasteiger partial charge in [-0.2, -0.15) is 5.10 Å². The topological polar surface area (TPSA) is 39.1 Å². The lowest BCUT2D eigenvalue weighted by molar-refractivity contribution is 0.198. The standard InChI is InChI=1S/C11H20BrN3O/c1-8(7-13-5-6-16-4)15-10(3)11(12)9(2)14-15/h8,13H,5-7H2,1-4H3. The van der Waals surface area contributed by atoms with Gasteiger partial charge < -0.3 is 10.1 Å². The molecule has 1 aromatic heterocycles. The number of aromatic nitrogens is 2. The average molecular weight is 290 g/mol. The van der Waals surface area contributed by atoms with Gasteiger partial charge in [0.25, 0.3) is 0 Å². The van der Waals surface area contributed by atoms with E-state index in [4.69, 9.17) is 4.74 Å². The maximum absolute atomic E-state index is 4.98. The number of ether oxygens (including phenoxy) is 1. The number of rotatable bonds is 6. The molecule has 92 valence electrons. The van der Waals surface area contributed by atoms with E-state index in [0.717, 1.165) is 29.9 Å². The molecule has 4 nitrogen and oxygen atoms in total. The van der Waals surface area contributed by atoms with Gasteiger partial charge in [0.15, 0.2) is 0 Å². The third-order valence-electron chi connectivity index (χ3n) is 2.58. The molecule has 0 aliphatic rings. The zero-order valence-corrected chi connectivity index (χ0v) is 12.0. The van der Waals surface area contributed by atoms with Gasteiger partial charge in [-0.1, -0.05) is 0 Å². The minimum Gasteiger partial charge on any atom is -0.383 e. The van der Waals surface area contributed by atoms with Crippen LogP contribution in [-0.4, -0.2) is 36.6 Å². The van der Waals surface area contributed by atoms with E-state index in [1.165, 1.54) is 5.69 Å². The van der Waals surface area contributed by atoms with Gasteiger partial charge in [0.2, 0.25) is 0 Å². The zero-order valence-electron chi connectivity index (χ0n) is 10.4.